The lowest BCUT2D eigenvalue weighted by atomic mass is 9.92. The fourth-order valence-electron chi connectivity index (χ4n) is 4.13. The average Bonchev–Trinajstić information content (AvgIpc) is 3.11. The molecule has 0 saturated carbocycles. The van der Waals surface area contributed by atoms with Gasteiger partial charge in [0.25, 0.3) is 0 Å². The zero-order valence-electron chi connectivity index (χ0n) is 16.5. The highest BCUT2D eigenvalue weighted by Gasteiger charge is 2.32. The molecule has 0 saturated heterocycles. The third-order valence-electron chi connectivity index (χ3n) is 5.48. The molecule has 1 amide bonds. The van der Waals surface area contributed by atoms with E-state index < -0.39 is 0 Å². The molecule has 1 aliphatic rings. The van der Waals surface area contributed by atoms with Crippen LogP contribution in [-0.2, 0) is 11.2 Å². The van der Waals surface area contributed by atoms with E-state index in [2.05, 4.69) is 58.5 Å². The van der Waals surface area contributed by atoms with Crippen molar-refractivity contribution in [3.8, 4) is 5.75 Å². The maximum Gasteiger partial charge on any atom is 0.234 e. The number of aromatic nitrogens is 1. The summed E-state index contributed by atoms with van der Waals surface area (Å²) in [5.41, 5.74) is 4.88. The van der Waals surface area contributed by atoms with Crippen LogP contribution in [-0.4, -0.2) is 42.5 Å². The van der Waals surface area contributed by atoms with Crippen LogP contribution in [0.3, 0.4) is 0 Å². The Kier molecular flexibility index (Phi) is 5.35. The van der Waals surface area contributed by atoms with Crippen LogP contribution in [0.4, 0.5) is 0 Å². The molecule has 0 aliphatic carbocycles. The van der Waals surface area contributed by atoms with Crippen LogP contribution in [0.5, 0.6) is 5.75 Å². The Morgan fingerprint density at radius 1 is 1.21 bits per heavy atom. The number of fused-ring (bicyclic) bond motifs is 3. The number of benzene rings is 2. The summed E-state index contributed by atoms with van der Waals surface area (Å²) in [5, 5.41) is 4.29. The second-order valence-electron chi connectivity index (χ2n) is 7.31. The summed E-state index contributed by atoms with van der Waals surface area (Å²) < 4.78 is 5.32. The third kappa shape index (κ3) is 3.50. The molecule has 0 fully saturated rings. The number of carbonyl (C=O) groups is 1. The van der Waals surface area contributed by atoms with E-state index >= 15 is 0 Å². The number of hydrogen-bond donors (Lipinski definition) is 2. The Labute approximate surface area is 165 Å². The predicted molar refractivity (Wildman–Crippen MR) is 112 cm³/mol. The number of methoxy groups -OCH3 is 1. The van der Waals surface area contributed by atoms with Gasteiger partial charge in [-0.1, -0.05) is 37.3 Å². The molecular formula is C23H27N3O2. The third-order valence-corrected chi connectivity index (χ3v) is 5.48. The number of rotatable bonds is 6. The summed E-state index contributed by atoms with van der Waals surface area (Å²) in [6.07, 6.45) is 1.88. The van der Waals surface area contributed by atoms with E-state index in [0.717, 1.165) is 42.8 Å². The van der Waals surface area contributed by atoms with Gasteiger partial charge >= 0.3 is 0 Å². The molecule has 5 nitrogen and oxygen atoms in total. The normalized spacial score (nSPS) is 16.7. The van der Waals surface area contributed by atoms with E-state index in [4.69, 9.17) is 4.74 Å². The molecule has 2 heterocycles. The fraction of sp³-hybridized carbons (Fsp3) is 0.348. The number of amides is 1. The van der Waals surface area contributed by atoms with Crippen molar-refractivity contribution in [1.29, 1.82) is 0 Å². The second-order valence-corrected chi connectivity index (χ2v) is 7.31. The van der Waals surface area contributed by atoms with Gasteiger partial charge in [0.2, 0.25) is 5.91 Å². The number of nitrogens with one attached hydrogen (secondary N) is 2. The molecule has 0 spiro atoms. The van der Waals surface area contributed by atoms with Crippen LogP contribution in [0.1, 0.15) is 36.2 Å². The summed E-state index contributed by atoms with van der Waals surface area (Å²) in [7, 11) is 1.68. The molecular weight excluding hydrogens is 350 g/mol. The molecule has 3 aromatic rings. The number of hydrogen-bond acceptors (Lipinski definition) is 3. The molecule has 1 unspecified atom stereocenters. The molecule has 0 bridgehead atoms. The summed E-state index contributed by atoms with van der Waals surface area (Å²) in [6, 6.07) is 16.6. The first-order valence-corrected chi connectivity index (χ1v) is 9.95. The first-order valence-electron chi connectivity index (χ1n) is 9.95. The van der Waals surface area contributed by atoms with Gasteiger partial charge in [0, 0.05) is 29.7 Å². The Hall–Kier alpha value is -2.79. The van der Waals surface area contributed by atoms with Crippen LogP contribution in [0, 0.1) is 0 Å². The molecule has 0 radical (unpaired) electrons. The summed E-state index contributed by atoms with van der Waals surface area (Å²) in [5.74, 6) is 0.920. The highest BCUT2D eigenvalue weighted by atomic mass is 16.5. The van der Waals surface area contributed by atoms with Crippen molar-refractivity contribution < 1.29 is 9.53 Å². The quantitative estimate of drug-likeness (QED) is 0.689. The van der Waals surface area contributed by atoms with Gasteiger partial charge in [0.15, 0.2) is 0 Å². The Bertz CT molecular complexity index is 962. The SMILES string of the molecule is CCCNC(=O)CN1CCc2c([nH]c3ccccc23)C1c1ccc(OC)cc1. The first kappa shape index (κ1) is 18.6. The van der Waals surface area contributed by atoms with Crippen LogP contribution < -0.4 is 10.1 Å². The zero-order valence-corrected chi connectivity index (χ0v) is 16.5. The van der Waals surface area contributed by atoms with Gasteiger partial charge in [0.05, 0.1) is 19.7 Å². The van der Waals surface area contributed by atoms with E-state index in [0.29, 0.717) is 6.54 Å². The summed E-state index contributed by atoms with van der Waals surface area (Å²) in [4.78, 5) is 18.4. The lowest BCUT2D eigenvalue weighted by Gasteiger charge is -2.35. The molecule has 2 N–H and O–H groups in total. The monoisotopic (exact) mass is 377 g/mol. The van der Waals surface area contributed by atoms with Crippen molar-refractivity contribution in [3.05, 3.63) is 65.4 Å². The largest absolute Gasteiger partial charge is 0.497 e. The molecule has 2 aromatic carbocycles. The Balaban J connectivity index is 1.73. The Morgan fingerprint density at radius 2 is 2.00 bits per heavy atom. The maximum atomic E-state index is 12.4. The topological polar surface area (TPSA) is 57.4 Å². The zero-order chi connectivity index (χ0) is 19.5. The van der Waals surface area contributed by atoms with Gasteiger partial charge in [-0.15, -0.1) is 0 Å². The highest BCUT2D eigenvalue weighted by Crippen LogP contribution is 2.38. The first-order chi connectivity index (χ1) is 13.7. The molecule has 28 heavy (non-hydrogen) atoms. The van der Waals surface area contributed by atoms with Gasteiger partial charge < -0.3 is 15.0 Å². The number of carbonyl (C=O) groups excluding carboxylic acids is 1. The van der Waals surface area contributed by atoms with E-state index in [9.17, 15) is 4.79 Å². The molecule has 4 rings (SSSR count). The molecule has 1 aliphatic heterocycles. The number of para-hydroxylation sites is 1. The van der Waals surface area contributed by atoms with Crippen molar-refractivity contribution in [2.24, 2.45) is 0 Å². The van der Waals surface area contributed by atoms with Crippen molar-refractivity contribution >= 4 is 16.8 Å². The fourth-order valence-corrected chi connectivity index (χ4v) is 4.13. The standard InChI is InChI=1S/C23H27N3O2/c1-3-13-24-21(27)15-26-14-12-19-18-6-4-5-7-20(18)25-22(19)23(26)16-8-10-17(28-2)11-9-16/h4-11,23,25H,3,12-15H2,1-2H3,(H,24,27). The van der Waals surface area contributed by atoms with Crippen molar-refractivity contribution in [3.63, 3.8) is 0 Å². The summed E-state index contributed by atoms with van der Waals surface area (Å²) >= 11 is 0. The van der Waals surface area contributed by atoms with E-state index in [1.54, 1.807) is 7.11 Å². The average molecular weight is 377 g/mol. The lowest BCUT2D eigenvalue weighted by Crippen LogP contribution is -2.43. The van der Waals surface area contributed by atoms with Crippen LogP contribution >= 0.6 is 0 Å². The van der Waals surface area contributed by atoms with Crippen molar-refractivity contribution in [2.45, 2.75) is 25.8 Å². The van der Waals surface area contributed by atoms with Gasteiger partial charge in [-0.2, -0.15) is 0 Å². The lowest BCUT2D eigenvalue weighted by molar-refractivity contribution is -0.122. The minimum absolute atomic E-state index is 0.0226. The van der Waals surface area contributed by atoms with Crippen molar-refractivity contribution in [2.75, 3.05) is 26.7 Å². The minimum Gasteiger partial charge on any atom is -0.497 e. The van der Waals surface area contributed by atoms with Crippen LogP contribution in [0.25, 0.3) is 10.9 Å². The number of nitrogens with zero attached hydrogens (tertiary/aromatic N) is 1. The molecule has 5 heteroatoms. The van der Waals surface area contributed by atoms with Gasteiger partial charge in [0.1, 0.15) is 5.75 Å². The van der Waals surface area contributed by atoms with E-state index in [-0.39, 0.29) is 11.9 Å². The predicted octanol–water partition coefficient (Wildman–Crippen LogP) is 3.65. The number of ether oxygens (including phenoxy) is 1. The van der Waals surface area contributed by atoms with Gasteiger partial charge in [-0.3, -0.25) is 9.69 Å². The molecule has 1 aromatic heterocycles. The summed E-state index contributed by atoms with van der Waals surface area (Å²) in [6.45, 7) is 4.03. The number of aromatic amines is 1. The van der Waals surface area contributed by atoms with Crippen LogP contribution in [0.15, 0.2) is 48.5 Å². The van der Waals surface area contributed by atoms with E-state index in [1.165, 1.54) is 16.6 Å². The van der Waals surface area contributed by atoms with Gasteiger partial charge in [-0.05, 0) is 42.2 Å². The number of H-pyrrole nitrogens is 1. The molecule has 1 atom stereocenters. The Morgan fingerprint density at radius 3 is 2.75 bits per heavy atom. The van der Waals surface area contributed by atoms with E-state index in [1.807, 2.05) is 12.1 Å². The minimum atomic E-state index is 0.0226. The second kappa shape index (κ2) is 8.07. The highest BCUT2D eigenvalue weighted by molar-refractivity contribution is 5.85. The van der Waals surface area contributed by atoms with Crippen LogP contribution in [0.2, 0.25) is 0 Å². The molecule has 146 valence electrons. The van der Waals surface area contributed by atoms with Crippen molar-refractivity contribution in [1.82, 2.24) is 15.2 Å². The smallest absolute Gasteiger partial charge is 0.234 e. The maximum absolute atomic E-state index is 12.4. The van der Waals surface area contributed by atoms with Gasteiger partial charge in [-0.25, -0.2) is 0 Å².